The Bertz CT molecular complexity index is 762. The smallest absolute Gasteiger partial charge is 0.250 e. The number of pyridine rings is 1. The largest absolute Gasteiger partial charge is 0.464 e. The lowest BCUT2D eigenvalue weighted by Gasteiger charge is -2.29. The summed E-state index contributed by atoms with van der Waals surface area (Å²) in [5, 5.41) is 0. The van der Waals surface area contributed by atoms with Crippen LogP contribution in [0.15, 0.2) is 45.7 Å². The van der Waals surface area contributed by atoms with Crippen LogP contribution in [-0.4, -0.2) is 21.9 Å². The molecule has 5 nitrogen and oxygen atoms in total. The Hall–Kier alpha value is -2.30. The van der Waals surface area contributed by atoms with E-state index in [2.05, 4.69) is 6.92 Å². The van der Waals surface area contributed by atoms with E-state index in [9.17, 15) is 9.59 Å². The highest BCUT2D eigenvalue weighted by atomic mass is 16.3. The Balaban J connectivity index is 1.73. The average molecular weight is 342 g/mol. The molecule has 0 aliphatic carbocycles. The first kappa shape index (κ1) is 17.5. The van der Waals surface area contributed by atoms with Gasteiger partial charge in [0.05, 0.1) is 6.04 Å². The summed E-state index contributed by atoms with van der Waals surface area (Å²) >= 11 is 0. The Morgan fingerprint density at radius 3 is 2.84 bits per heavy atom. The van der Waals surface area contributed by atoms with E-state index in [1.807, 2.05) is 23.1 Å². The van der Waals surface area contributed by atoms with Gasteiger partial charge in [0.25, 0.3) is 5.56 Å². The van der Waals surface area contributed by atoms with Crippen LogP contribution in [0.1, 0.15) is 56.6 Å². The predicted molar refractivity (Wildman–Crippen MR) is 96.3 cm³/mol. The lowest BCUT2D eigenvalue weighted by Crippen LogP contribution is -2.35. The highest BCUT2D eigenvalue weighted by Gasteiger charge is 2.28. The van der Waals surface area contributed by atoms with Crippen LogP contribution in [-0.2, 0) is 17.8 Å². The molecule has 2 aromatic rings. The lowest BCUT2D eigenvalue weighted by molar-refractivity contribution is -0.134. The molecule has 2 aromatic heterocycles. The van der Waals surface area contributed by atoms with Gasteiger partial charge in [-0.25, -0.2) is 0 Å². The van der Waals surface area contributed by atoms with Crippen molar-refractivity contribution in [2.24, 2.45) is 0 Å². The van der Waals surface area contributed by atoms with Gasteiger partial charge in [-0.2, -0.15) is 0 Å². The maximum Gasteiger partial charge on any atom is 0.250 e. The second-order valence-corrected chi connectivity index (χ2v) is 6.59. The van der Waals surface area contributed by atoms with E-state index in [-0.39, 0.29) is 17.5 Å². The number of aryl methyl sites for hydroxylation is 2. The molecule has 1 saturated heterocycles. The summed E-state index contributed by atoms with van der Waals surface area (Å²) in [6.07, 6.45) is 7.13. The maximum absolute atomic E-state index is 12.9. The summed E-state index contributed by atoms with van der Waals surface area (Å²) < 4.78 is 7.53. The molecule has 1 fully saturated rings. The van der Waals surface area contributed by atoms with Crippen LogP contribution < -0.4 is 5.56 Å². The minimum Gasteiger partial charge on any atom is -0.464 e. The third-order valence-corrected chi connectivity index (χ3v) is 4.90. The molecule has 25 heavy (non-hydrogen) atoms. The monoisotopic (exact) mass is 342 g/mol. The second-order valence-electron chi connectivity index (χ2n) is 6.59. The first-order valence-electron chi connectivity index (χ1n) is 9.22. The van der Waals surface area contributed by atoms with Crippen LogP contribution in [0, 0.1) is 0 Å². The zero-order chi connectivity index (χ0) is 17.6. The minimum atomic E-state index is -0.0682. The van der Waals surface area contributed by atoms with Crippen molar-refractivity contribution in [2.75, 3.05) is 6.54 Å². The summed E-state index contributed by atoms with van der Waals surface area (Å²) in [5.41, 5.74) is -0.0682. The zero-order valence-corrected chi connectivity index (χ0v) is 14.8. The third-order valence-electron chi connectivity index (χ3n) is 4.90. The number of amides is 1. The summed E-state index contributed by atoms with van der Waals surface area (Å²) in [5.74, 6) is 1.95. The Morgan fingerprint density at radius 1 is 1.20 bits per heavy atom. The minimum absolute atomic E-state index is 0.0165. The molecule has 1 atom stereocenters. The quantitative estimate of drug-likeness (QED) is 0.835. The summed E-state index contributed by atoms with van der Waals surface area (Å²) in [6.45, 7) is 3.24. The number of aromatic nitrogens is 1. The van der Waals surface area contributed by atoms with Crippen LogP contribution in [0.5, 0.6) is 0 Å². The molecule has 3 heterocycles. The van der Waals surface area contributed by atoms with E-state index in [1.54, 1.807) is 16.8 Å². The number of furan rings is 1. The van der Waals surface area contributed by atoms with Crippen molar-refractivity contribution in [3.05, 3.63) is 58.4 Å². The van der Waals surface area contributed by atoms with Gasteiger partial charge in [0.15, 0.2) is 0 Å². The number of hydrogen-bond donors (Lipinski definition) is 0. The van der Waals surface area contributed by atoms with E-state index in [0.717, 1.165) is 50.2 Å². The molecule has 3 rings (SSSR count). The molecule has 5 heteroatoms. The molecule has 1 amide bonds. The Morgan fingerprint density at radius 2 is 2.08 bits per heavy atom. The predicted octanol–water partition coefficient (Wildman–Crippen LogP) is 3.54. The fraction of sp³-hybridized carbons (Fsp3) is 0.500. The number of nitrogens with zero attached hydrogens (tertiary/aromatic N) is 2. The van der Waals surface area contributed by atoms with E-state index >= 15 is 0 Å². The topological polar surface area (TPSA) is 55.5 Å². The van der Waals surface area contributed by atoms with Crippen LogP contribution in [0.25, 0.3) is 0 Å². The number of carbonyl (C=O) groups excluding carboxylic acids is 1. The number of likely N-dealkylation sites (tertiary alicyclic amines) is 1. The van der Waals surface area contributed by atoms with Crippen molar-refractivity contribution in [1.82, 2.24) is 9.47 Å². The first-order chi connectivity index (χ1) is 12.2. The van der Waals surface area contributed by atoms with Gasteiger partial charge in [0.1, 0.15) is 11.5 Å². The number of rotatable bonds is 5. The second kappa shape index (κ2) is 8.19. The van der Waals surface area contributed by atoms with Crippen molar-refractivity contribution in [3.8, 4) is 0 Å². The SMILES string of the molecule is CCc1ccc(C2CCCCCN2C(=O)CCn2ccccc2=O)o1. The average Bonchev–Trinajstić information content (AvgIpc) is 2.97. The molecule has 0 spiro atoms. The Kier molecular flexibility index (Phi) is 5.74. The van der Waals surface area contributed by atoms with Gasteiger partial charge in [-0.1, -0.05) is 25.8 Å². The van der Waals surface area contributed by atoms with Crippen molar-refractivity contribution < 1.29 is 9.21 Å². The highest BCUT2D eigenvalue weighted by molar-refractivity contribution is 5.76. The summed E-state index contributed by atoms with van der Waals surface area (Å²) in [4.78, 5) is 26.6. The maximum atomic E-state index is 12.9. The lowest BCUT2D eigenvalue weighted by atomic mass is 10.1. The molecular weight excluding hydrogens is 316 g/mol. The van der Waals surface area contributed by atoms with Crippen molar-refractivity contribution >= 4 is 5.91 Å². The van der Waals surface area contributed by atoms with Crippen molar-refractivity contribution in [2.45, 2.75) is 58.0 Å². The van der Waals surface area contributed by atoms with Crippen molar-refractivity contribution in [3.63, 3.8) is 0 Å². The highest BCUT2D eigenvalue weighted by Crippen LogP contribution is 2.32. The molecule has 134 valence electrons. The van der Waals surface area contributed by atoms with Crippen LogP contribution >= 0.6 is 0 Å². The molecule has 0 aromatic carbocycles. The fourth-order valence-corrected chi connectivity index (χ4v) is 3.47. The van der Waals surface area contributed by atoms with Gasteiger partial charge < -0.3 is 13.9 Å². The number of carbonyl (C=O) groups is 1. The standard InChI is InChI=1S/C20H26N2O3/c1-2-16-10-11-18(25-16)17-8-4-3-6-14-22(17)20(24)12-15-21-13-7-5-9-19(21)23/h5,7,9-11,13,17H,2-4,6,8,12,14-15H2,1H3. The molecule has 1 aliphatic rings. The van der Waals surface area contributed by atoms with Crippen LogP contribution in [0.3, 0.4) is 0 Å². The molecule has 1 unspecified atom stereocenters. The molecule has 0 radical (unpaired) electrons. The van der Waals surface area contributed by atoms with Gasteiger partial charge in [0.2, 0.25) is 5.91 Å². The van der Waals surface area contributed by atoms with E-state index in [0.29, 0.717) is 13.0 Å². The summed E-state index contributed by atoms with van der Waals surface area (Å²) in [7, 11) is 0. The summed E-state index contributed by atoms with van der Waals surface area (Å²) in [6, 6.07) is 9.09. The van der Waals surface area contributed by atoms with E-state index in [4.69, 9.17) is 4.42 Å². The van der Waals surface area contributed by atoms with E-state index in [1.165, 1.54) is 6.07 Å². The third kappa shape index (κ3) is 4.21. The first-order valence-corrected chi connectivity index (χ1v) is 9.22. The zero-order valence-electron chi connectivity index (χ0n) is 14.8. The number of hydrogen-bond acceptors (Lipinski definition) is 3. The normalized spacial score (nSPS) is 18.1. The molecule has 0 saturated carbocycles. The van der Waals surface area contributed by atoms with Gasteiger partial charge in [-0.15, -0.1) is 0 Å². The molecular formula is C20H26N2O3. The van der Waals surface area contributed by atoms with Crippen LogP contribution in [0.2, 0.25) is 0 Å². The molecule has 0 bridgehead atoms. The van der Waals surface area contributed by atoms with Gasteiger partial charge >= 0.3 is 0 Å². The van der Waals surface area contributed by atoms with Crippen LogP contribution in [0.4, 0.5) is 0 Å². The van der Waals surface area contributed by atoms with E-state index < -0.39 is 0 Å². The Labute approximate surface area is 148 Å². The van der Waals surface area contributed by atoms with Gasteiger partial charge in [-0.05, 0) is 31.0 Å². The fourth-order valence-electron chi connectivity index (χ4n) is 3.47. The van der Waals surface area contributed by atoms with Gasteiger partial charge in [0, 0.05) is 38.2 Å². The molecule has 0 N–H and O–H groups in total. The van der Waals surface area contributed by atoms with Gasteiger partial charge in [-0.3, -0.25) is 9.59 Å². The van der Waals surface area contributed by atoms with Crippen molar-refractivity contribution in [1.29, 1.82) is 0 Å². The molecule has 1 aliphatic heterocycles.